The summed E-state index contributed by atoms with van der Waals surface area (Å²) >= 11 is 0. The zero-order valence-electron chi connectivity index (χ0n) is 11.4. The SMILES string of the molecule is C=C(Nc1ccc(NC(=O)COC)cc1)[NH+](C)C.[Cl-]. The maximum absolute atomic E-state index is 11.3. The molecule has 0 aliphatic heterocycles. The van der Waals surface area contributed by atoms with Crippen LogP contribution in [0.5, 0.6) is 0 Å². The van der Waals surface area contributed by atoms with Gasteiger partial charge in [0.05, 0.1) is 14.1 Å². The fourth-order valence-corrected chi connectivity index (χ4v) is 1.26. The highest BCUT2D eigenvalue weighted by molar-refractivity contribution is 5.91. The summed E-state index contributed by atoms with van der Waals surface area (Å²) in [6.45, 7) is 3.97. The van der Waals surface area contributed by atoms with Crippen LogP contribution in [0.4, 0.5) is 11.4 Å². The largest absolute Gasteiger partial charge is 1.00 e. The van der Waals surface area contributed by atoms with Crippen LogP contribution >= 0.6 is 0 Å². The van der Waals surface area contributed by atoms with E-state index in [1.165, 1.54) is 7.11 Å². The van der Waals surface area contributed by atoms with Gasteiger partial charge >= 0.3 is 0 Å². The Labute approximate surface area is 120 Å². The molecule has 6 heteroatoms. The number of quaternary nitrogens is 1. The van der Waals surface area contributed by atoms with Crippen LogP contribution in [0.3, 0.4) is 0 Å². The first-order valence-corrected chi connectivity index (χ1v) is 5.68. The van der Waals surface area contributed by atoms with Crippen LogP contribution in [0.15, 0.2) is 36.7 Å². The van der Waals surface area contributed by atoms with Crippen molar-refractivity contribution < 1.29 is 26.8 Å². The normalized spacial score (nSPS) is 9.68. The van der Waals surface area contributed by atoms with Crippen LogP contribution in [0.1, 0.15) is 0 Å². The Hall–Kier alpha value is -1.56. The second-order valence-electron chi connectivity index (χ2n) is 4.16. The number of amides is 1. The van der Waals surface area contributed by atoms with Gasteiger partial charge in [0.2, 0.25) is 5.91 Å². The number of hydrogen-bond acceptors (Lipinski definition) is 3. The Balaban J connectivity index is 0.00000324. The maximum atomic E-state index is 11.3. The fourth-order valence-electron chi connectivity index (χ4n) is 1.26. The highest BCUT2D eigenvalue weighted by atomic mass is 35.5. The first-order chi connectivity index (χ1) is 8.52. The second kappa shape index (κ2) is 8.53. The van der Waals surface area contributed by atoms with E-state index in [0.29, 0.717) is 0 Å². The van der Waals surface area contributed by atoms with Crippen molar-refractivity contribution in [1.29, 1.82) is 0 Å². The molecule has 1 aromatic carbocycles. The van der Waals surface area contributed by atoms with E-state index < -0.39 is 0 Å². The smallest absolute Gasteiger partial charge is 0.250 e. The summed E-state index contributed by atoms with van der Waals surface area (Å²) in [7, 11) is 5.48. The number of hydrogen-bond donors (Lipinski definition) is 3. The van der Waals surface area contributed by atoms with Gasteiger partial charge in [-0.2, -0.15) is 0 Å². The Morgan fingerprint density at radius 1 is 1.21 bits per heavy atom. The third-order valence-electron chi connectivity index (χ3n) is 2.34. The van der Waals surface area contributed by atoms with Gasteiger partial charge in [-0.15, -0.1) is 0 Å². The summed E-state index contributed by atoms with van der Waals surface area (Å²) in [6.07, 6.45) is 0. The Bertz CT molecular complexity index is 418. The van der Waals surface area contributed by atoms with Gasteiger partial charge in [-0.3, -0.25) is 9.69 Å². The van der Waals surface area contributed by atoms with Crippen molar-refractivity contribution in [3.8, 4) is 0 Å². The molecule has 0 fully saturated rings. The molecule has 0 heterocycles. The van der Waals surface area contributed by atoms with Crippen molar-refractivity contribution in [2.45, 2.75) is 0 Å². The van der Waals surface area contributed by atoms with Gasteiger partial charge in [0.15, 0.2) is 5.82 Å². The third kappa shape index (κ3) is 6.24. The van der Waals surface area contributed by atoms with Gasteiger partial charge in [-0.05, 0) is 30.8 Å². The molecule has 1 aromatic rings. The molecule has 0 radical (unpaired) electrons. The van der Waals surface area contributed by atoms with E-state index in [-0.39, 0.29) is 24.9 Å². The van der Waals surface area contributed by atoms with E-state index >= 15 is 0 Å². The summed E-state index contributed by atoms with van der Waals surface area (Å²) in [4.78, 5) is 12.4. The van der Waals surface area contributed by atoms with E-state index in [2.05, 4.69) is 17.2 Å². The van der Waals surface area contributed by atoms with E-state index in [1.54, 1.807) is 0 Å². The number of anilines is 2. The van der Waals surface area contributed by atoms with Crippen molar-refractivity contribution in [2.75, 3.05) is 38.4 Å². The van der Waals surface area contributed by atoms with Gasteiger partial charge in [0.1, 0.15) is 6.61 Å². The average Bonchev–Trinajstić information content (AvgIpc) is 2.31. The quantitative estimate of drug-likeness (QED) is 0.533. The van der Waals surface area contributed by atoms with Crippen LogP contribution in [0, 0.1) is 0 Å². The summed E-state index contributed by atoms with van der Waals surface area (Å²) in [5, 5.41) is 5.90. The number of halogens is 1. The Kier molecular flexibility index (Phi) is 7.83. The lowest BCUT2D eigenvalue weighted by atomic mass is 10.2. The van der Waals surface area contributed by atoms with Crippen molar-refractivity contribution >= 4 is 17.3 Å². The van der Waals surface area contributed by atoms with Crippen LogP contribution in [-0.4, -0.2) is 33.7 Å². The standard InChI is InChI=1S/C13H19N3O2.ClH/c1-10(16(2)3)14-11-5-7-12(8-6-11)15-13(17)9-18-4;/h5-8,14H,1,9H2,2-4H3,(H,15,17);1H. The molecule has 0 saturated carbocycles. The molecule has 0 saturated heterocycles. The predicted molar refractivity (Wildman–Crippen MR) is 72.5 cm³/mol. The van der Waals surface area contributed by atoms with Crippen LogP contribution in [-0.2, 0) is 9.53 Å². The van der Waals surface area contributed by atoms with Crippen molar-refractivity contribution in [1.82, 2.24) is 0 Å². The Morgan fingerprint density at radius 3 is 2.11 bits per heavy atom. The molecule has 0 spiro atoms. The fraction of sp³-hybridized carbons (Fsp3) is 0.308. The van der Waals surface area contributed by atoms with Gasteiger partial charge in [-0.1, -0.05) is 0 Å². The zero-order chi connectivity index (χ0) is 13.5. The molecule has 0 aliphatic rings. The van der Waals surface area contributed by atoms with Crippen molar-refractivity contribution in [2.24, 2.45) is 0 Å². The summed E-state index contributed by atoms with van der Waals surface area (Å²) in [5.41, 5.74) is 1.68. The molecule has 0 aliphatic carbocycles. The zero-order valence-corrected chi connectivity index (χ0v) is 12.2. The molecular formula is C13H20ClN3O2. The first-order valence-electron chi connectivity index (χ1n) is 5.68. The number of benzene rings is 1. The number of ether oxygens (including phenoxy) is 1. The summed E-state index contributed by atoms with van der Waals surface area (Å²) in [6, 6.07) is 7.43. The van der Waals surface area contributed by atoms with Crippen LogP contribution in [0.2, 0.25) is 0 Å². The molecule has 106 valence electrons. The van der Waals surface area contributed by atoms with Crippen LogP contribution in [0.25, 0.3) is 0 Å². The molecule has 5 nitrogen and oxygen atoms in total. The lowest BCUT2D eigenvalue weighted by Gasteiger charge is -2.12. The van der Waals surface area contributed by atoms with Gasteiger partial charge in [0, 0.05) is 18.5 Å². The molecule has 0 aromatic heterocycles. The third-order valence-corrected chi connectivity index (χ3v) is 2.34. The first kappa shape index (κ1) is 17.4. The number of rotatable bonds is 6. The minimum Gasteiger partial charge on any atom is -1.00 e. The molecule has 1 rings (SSSR count). The molecule has 0 atom stereocenters. The van der Waals surface area contributed by atoms with E-state index in [9.17, 15) is 4.79 Å². The predicted octanol–water partition coefficient (Wildman–Crippen LogP) is -2.70. The molecular weight excluding hydrogens is 266 g/mol. The molecule has 0 bridgehead atoms. The number of carbonyl (C=O) groups is 1. The summed E-state index contributed by atoms with van der Waals surface area (Å²) < 4.78 is 4.74. The van der Waals surface area contributed by atoms with Gasteiger partial charge in [-0.25, -0.2) is 0 Å². The highest BCUT2D eigenvalue weighted by Gasteiger charge is 2.03. The molecule has 3 N–H and O–H groups in total. The topological polar surface area (TPSA) is 54.8 Å². The van der Waals surface area contributed by atoms with E-state index in [0.717, 1.165) is 22.1 Å². The molecule has 0 unspecified atom stereocenters. The second-order valence-corrected chi connectivity index (χ2v) is 4.16. The van der Waals surface area contributed by atoms with E-state index in [1.807, 2.05) is 38.4 Å². The Morgan fingerprint density at radius 2 is 1.68 bits per heavy atom. The monoisotopic (exact) mass is 285 g/mol. The van der Waals surface area contributed by atoms with Gasteiger partial charge < -0.3 is 27.8 Å². The maximum Gasteiger partial charge on any atom is 0.250 e. The number of nitrogens with one attached hydrogen (secondary N) is 3. The minimum absolute atomic E-state index is 0. The van der Waals surface area contributed by atoms with Crippen molar-refractivity contribution in [3.05, 3.63) is 36.7 Å². The average molecular weight is 286 g/mol. The molecule has 19 heavy (non-hydrogen) atoms. The van der Waals surface area contributed by atoms with E-state index in [4.69, 9.17) is 4.74 Å². The number of methoxy groups -OCH3 is 1. The van der Waals surface area contributed by atoms with Crippen molar-refractivity contribution in [3.63, 3.8) is 0 Å². The minimum atomic E-state index is -0.166. The lowest BCUT2D eigenvalue weighted by molar-refractivity contribution is -0.814. The number of carbonyl (C=O) groups excluding carboxylic acids is 1. The van der Waals surface area contributed by atoms with Gasteiger partial charge in [0.25, 0.3) is 0 Å². The van der Waals surface area contributed by atoms with Crippen LogP contribution < -0.4 is 27.9 Å². The molecule has 1 amide bonds. The lowest BCUT2D eigenvalue weighted by Crippen LogP contribution is -3.04. The summed E-state index contributed by atoms with van der Waals surface area (Å²) in [5.74, 6) is 0.714. The highest BCUT2D eigenvalue weighted by Crippen LogP contribution is 2.13.